The molecule has 17 heavy (non-hydrogen) atoms. The predicted molar refractivity (Wildman–Crippen MR) is 63.7 cm³/mol. The van der Waals surface area contributed by atoms with Crippen molar-refractivity contribution in [2.24, 2.45) is 0 Å². The van der Waals surface area contributed by atoms with Gasteiger partial charge in [0.2, 0.25) is 0 Å². The largest absolute Gasteiger partial charge is 0.294 e. The van der Waals surface area contributed by atoms with Crippen LogP contribution in [-0.2, 0) is 6.42 Å². The molecule has 0 saturated heterocycles. The second-order valence-electron chi connectivity index (χ2n) is 3.40. The van der Waals surface area contributed by atoms with Gasteiger partial charge in [0.05, 0.1) is 9.90 Å². The van der Waals surface area contributed by atoms with Crippen LogP contribution >= 0.6 is 22.9 Å². The van der Waals surface area contributed by atoms with E-state index in [0.717, 1.165) is 12.1 Å². The van der Waals surface area contributed by atoms with Gasteiger partial charge < -0.3 is 0 Å². The lowest BCUT2D eigenvalue weighted by molar-refractivity contribution is 0.0986. The van der Waals surface area contributed by atoms with Crippen LogP contribution in [0.4, 0.5) is 8.78 Å². The van der Waals surface area contributed by atoms with Crippen LogP contribution in [0, 0.1) is 11.6 Å². The molecule has 0 N–H and O–H groups in total. The van der Waals surface area contributed by atoms with Crippen LogP contribution in [0.3, 0.4) is 0 Å². The van der Waals surface area contributed by atoms with E-state index in [4.69, 9.17) is 11.6 Å². The Morgan fingerprint density at radius 2 is 1.82 bits per heavy atom. The first-order chi connectivity index (χ1) is 8.08. The van der Waals surface area contributed by atoms with E-state index in [1.165, 1.54) is 17.4 Å². The Kier molecular flexibility index (Phi) is 3.54. The zero-order chi connectivity index (χ0) is 12.4. The summed E-state index contributed by atoms with van der Waals surface area (Å²) in [4.78, 5) is 12.4. The minimum Gasteiger partial charge on any atom is -0.294 e. The molecule has 0 fully saturated rings. The lowest BCUT2D eigenvalue weighted by Crippen LogP contribution is -2.08. The zero-order valence-corrected chi connectivity index (χ0v) is 10.1. The molecule has 0 bridgehead atoms. The number of hydrogen-bond donors (Lipinski definition) is 0. The zero-order valence-electron chi connectivity index (χ0n) is 8.54. The molecule has 0 aliphatic carbocycles. The van der Waals surface area contributed by atoms with Gasteiger partial charge in [-0.25, -0.2) is 8.78 Å². The lowest BCUT2D eigenvalue weighted by Gasteiger charge is -2.02. The molecule has 0 aliphatic heterocycles. The van der Waals surface area contributed by atoms with Crippen LogP contribution in [-0.4, -0.2) is 5.78 Å². The van der Waals surface area contributed by atoms with Crippen LogP contribution in [0.1, 0.15) is 15.2 Å². The van der Waals surface area contributed by atoms with Gasteiger partial charge in [0.1, 0.15) is 11.6 Å². The Morgan fingerprint density at radius 1 is 1.18 bits per heavy atom. The number of benzene rings is 1. The van der Waals surface area contributed by atoms with Crippen LogP contribution < -0.4 is 0 Å². The van der Waals surface area contributed by atoms with E-state index >= 15 is 0 Å². The van der Waals surface area contributed by atoms with Crippen molar-refractivity contribution in [2.75, 3.05) is 0 Å². The van der Waals surface area contributed by atoms with Gasteiger partial charge in [0.25, 0.3) is 0 Å². The summed E-state index contributed by atoms with van der Waals surface area (Å²) in [6, 6.07) is 6.68. The van der Waals surface area contributed by atoms with E-state index in [1.807, 2.05) is 0 Å². The normalized spacial score (nSPS) is 10.5. The smallest absolute Gasteiger partial charge is 0.173 e. The molecule has 0 atom stereocenters. The van der Waals surface area contributed by atoms with Gasteiger partial charge in [-0.05, 0) is 24.3 Å². The molecule has 88 valence electrons. The average Bonchev–Trinajstić information content (AvgIpc) is 2.63. The van der Waals surface area contributed by atoms with Crippen molar-refractivity contribution >= 4 is 28.7 Å². The summed E-state index contributed by atoms with van der Waals surface area (Å²) in [6.45, 7) is 0. The highest BCUT2D eigenvalue weighted by Crippen LogP contribution is 2.23. The topological polar surface area (TPSA) is 17.1 Å². The Morgan fingerprint density at radius 3 is 2.35 bits per heavy atom. The Labute approximate surface area is 106 Å². The van der Waals surface area contributed by atoms with Gasteiger partial charge in [0, 0.05) is 11.3 Å². The highest BCUT2D eigenvalue weighted by Gasteiger charge is 2.17. The molecule has 5 heteroatoms. The number of ketones is 1. The third-order valence-corrected chi connectivity index (χ3v) is 3.44. The molecule has 2 rings (SSSR count). The first kappa shape index (κ1) is 12.2. The van der Waals surface area contributed by atoms with Crippen molar-refractivity contribution in [2.45, 2.75) is 6.42 Å². The van der Waals surface area contributed by atoms with Crippen LogP contribution in [0.5, 0.6) is 0 Å². The summed E-state index contributed by atoms with van der Waals surface area (Å²) in [7, 11) is 0. The molecule has 1 heterocycles. The van der Waals surface area contributed by atoms with Gasteiger partial charge in [-0.2, -0.15) is 0 Å². The molecular formula is C12H7ClF2OS. The molecule has 1 aromatic heterocycles. The fourth-order valence-electron chi connectivity index (χ4n) is 1.46. The fraction of sp³-hybridized carbons (Fsp3) is 0.0833. The molecule has 0 spiro atoms. The number of hydrogen-bond acceptors (Lipinski definition) is 2. The molecule has 0 radical (unpaired) electrons. The minimum absolute atomic E-state index is 0.0464. The maximum Gasteiger partial charge on any atom is 0.173 e. The quantitative estimate of drug-likeness (QED) is 0.769. The molecular weight excluding hydrogens is 266 g/mol. The molecule has 1 aromatic carbocycles. The Bertz CT molecular complexity index is 545. The van der Waals surface area contributed by atoms with Crippen molar-refractivity contribution < 1.29 is 13.6 Å². The number of carbonyl (C=O) groups excluding carboxylic acids is 1. The first-order valence-corrected chi connectivity index (χ1v) is 5.99. The van der Waals surface area contributed by atoms with Crippen molar-refractivity contribution in [3.8, 4) is 0 Å². The summed E-state index contributed by atoms with van der Waals surface area (Å²) >= 11 is 6.93. The minimum atomic E-state index is -0.836. The molecule has 0 unspecified atom stereocenters. The van der Waals surface area contributed by atoms with Gasteiger partial charge in [0.15, 0.2) is 5.78 Å². The van der Waals surface area contributed by atoms with Crippen molar-refractivity contribution in [3.63, 3.8) is 0 Å². The number of thiophene rings is 1. The summed E-state index contributed by atoms with van der Waals surface area (Å²) < 4.78 is 27.2. The van der Waals surface area contributed by atoms with Gasteiger partial charge >= 0.3 is 0 Å². The molecule has 1 nitrogen and oxygen atoms in total. The Balaban J connectivity index is 2.26. The standard InChI is InChI=1S/C12H7ClF2OS/c13-11-5-4-7(17-11)6-10(16)12-8(14)2-1-3-9(12)15/h1-5H,6H2. The molecule has 0 saturated carbocycles. The van der Waals surface area contributed by atoms with E-state index in [1.54, 1.807) is 12.1 Å². The first-order valence-electron chi connectivity index (χ1n) is 4.79. The highest BCUT2D eigenvalue weighted by atomic mass is 35.5. The van der Waals surface area contributed by atoms with Crippen LogP contribution in [0.2, 0.25) is 4.34 Å². The van der Waals surface area contributed by atoms with Crippen LogP contribution in [0.25, 0.3) is 0 Å². The number of rotatable bonds is 3. The second kappa shape index (κ2) is 4.94. The molecule has 0 aliphatic rings. The maximum absolute atomic E-state index is 13.3. The summed E-state index contributed by atoms with van der Waals surface area (Å²) in [5.41, 5.74) is -0.489. The third kappa shape index (κ3) is 2.70. The third-order valence-electron chi connectivity index (χ3n) is 2.21. The maximum atomic E-state index is 13.3. The SMILES string of the molecule is O=C(Cc1ccc(Cl)s1)c1c(F)cccc1F. The molecule has 0 amide bonds. The number of carbonyl (C=O) groups is 1. The monoisotopic (exact) mass is 272 g/mol. The van der Waals surface area contributed by atoms with Crippen molar-refractivity contribution in [1.82, 2.24) is 0 Å². The predicted octanol–water partition coefficient (Wildman–Crippen LogP) is 4.11. The van der Waals surface area contributed by atoms with E-state index in [2.05, 4.69) is 0 Å². The van der Waals surface area contributed by atoms with Crippen molar-refractivity contribution in [1.29, 1.82) is 0 Å². The van der Waals surface area contributed by atoms with E-state index in [-0.39, 0.29) is 6.42 Å². The lowest BCUT2D eigenvalue weighted by atomic mass is 10.1. The number of Topliss-reactive ketones (excluding diaryl/α,β-unsaturated/α-hetero) is 1. The van der Waals surface area contributed by atoms with Crippen molar-refractivity contribution in [3.05, 3.63) is 56.7 Å². The van der Waals surface area contributed by atoms with E-state index in [9.17, 15) is 13.6 Å². The van der Waals surface area contributed by atoms with E-state index < -0.39 is 23.0 Å². The highest BCUT2D eigenvalue weighted by molar-refractivity contribution is 7.16. The van der Waals surface area contributed by atoms with E-state index in [0.29, 0.717) is 9.21 Å². The summed E-state index contributed by atoms with van der Waals surface area (Å²) in [5, 5.41) is 0. The van der Waals surface area contributed by atoms with Gasteiger partial charge in [-0.15, -0.1) is 11.3 Å². The van der Waals surface area contributed by atoms with Crippen LogP contribution in [0.15, 0.2) is 30.3 Å². The Hall–Kier alpha value is -1.26. The summed E-state index contributed by atoms with van der Waals surface area (Å²) in [6.07, 6.45) is -0.0464. The van der Waals surface area contributed by atoms with Gasteiger partial charge in [-0.3, -0.25) is 4.79 Å². The average molecular weight is 273 g/mol. The second-order valence-corrected chi connectivity index (χ2v) is 5.20. The summed E-state index contributed by atoms with van der Waals surface area (Å²) in [5.74, 6) is -2.26. The van der Waals surface area contributed by atoms with Gasteiger partial charge in [-0.1, -0.05) is 17.7 Å². The number of halogens is 3. The fourth-order valence-corrected chi connectivity index (χ4v) is 2.54. The molecule has 2 aromatic rings.